The molecule has 1 atom stereocenters. The number of hydrogen-bond donors (Lipinski definition) is 0. The van der Waals surface area contributed by atoms with Gasteiger partial charge in [0.15, 0.2) is 0 Å². The summed E-state index contributed by atoms with van der Waals surface area (Å²) in [4.78, 5) is 0. The summed E-state index contributed by atoms with van der Waals surface area (Å²) in [5.41, 5.74) is 8.91. The fourth-order valence-corrected chi connectivity index (χ4v) is 3.60. The molecule has 0 heterocycles. The van der Waals surface area contributed by atoms with Gasteiger partial charge in [-0.25, -0.2) is 0 Å². The van der Waals surface area contributed by atoms with Crippen LogP contribution in [0.25, 0.3) is 17.2 Å². The Morgan fingerprint density at radius 3 is 2.32 bits per heavy atom. The van der Waals surface area contributed by atoms with Gasteiger partial charge in [0.1, 0.15) is 0 Å². The smallest absolute Gasteiger partial charge is 0.00673 e. The predicted molar refractivity (Wildman–Crippen MR) is 84.0 cm³/mol. The zero-order valence-corrected chi connectivity index (χ0v) is 12.6. The van der Waals surface area contributed by atoms with Gasteiger partial charge >= 0.3 is 0 Å². The van der Waals surface area contributed by atoms with E-state index in [1.807, 2.05) is 0 Å². The Labute approximate surface area is 115 Å². The summed E-state index contributed by atoms with van der Waals surface area (Å²) in [5.74, 6) is 0.635. The normalized spacial score (nSPS) is 20.3. The van der Waals surface area contributed by atoms with Crippen LogP contribution in [0.15, 0.2) is 34.9 Å². The molecule has 0 heteroatoms. The van der Waals surface area contributed by atoms with E-state index >= 15 is 0 Å². The second-order valence-electron chi connectivity index (χ2n) is 6.27. The van der Waals surface area contributed by atoms with Crippen LogP contribution < -0.4 is 10.4 Å². The lowest BCUT2D eigenvalue weighted by atomic mass is 9.85. The second-order valence-corrected chi connectivity index (χ2v) is 6.27. The van der Waals surface area contributed by atoms with Crippen molar-refractivity contribution in [3.8, 4) is 0 Å². The zero-order valence-electron chi connectivity index (χ0n) is 12.6. The number of hydrogen-bond acceptors (Lipinski definition) is 0. The fourth-order valence-electron chi connectivity index (χ4n) is 3.60. The summed E-state index contributed by atoms with van der Waals surface area (Å²) in [5, 5.41) is 2.94. The Balaban J connectivity index is 2.56. The highest BCUT2D eigenvalue weighted by Crippen LogP contribution is 2.41. The van der Waals surface area contributed by atoms with E-state index in [9.17, 15) is 0 Å². The lowest BCUT2D eigenvalue weighted by Crippen LogP contribution is -2.31. The first kappa shape index (κ1) is 12.5. The largest absolute Gasteiger partial charge is 0.0760 e. The lowest BCUT2D eigenvalue weighted by molar-refractivity contribution is 0.776. The highest BCUT2D eigenvalue weighted by atomic mass is 14.3. The summed E-state index contributed by atoms with van der Waals surface area (Å²) in [6.07, 6.45) is 3.57. The standard InChI is InChI=1S/C19H22/c1-11(2)16-15-8-6-7-14-10-9-13(5)18(19(14)15)17(16)12(3)4/h6-8,10,13H,9H2,1-5H3. The molecule has 0 saturated carbocycles. The molecule has 0 spiro atoms. The van der Waals surface area contributed by atoms with E-state index in [2.05, 4.69) is 58.9 Å². The highest BCUT2D eigenvalue weighted by Gasteiger charge is 2.29. The SMILES string of the molecule is CC(C)=C1C(=C(C)C)c2cccc3c2=C1C(C)CC=3. The third-order valence-electron chi connectivity index (χ3n) is 4.34. The Kier molecular flexibility index (Phi) is 2.78. The number of benzene rings is 1. The molecule has 3 rings (SSSR count). The Morgan fingerprint density at radius 1 is 1.00 bits per heavy atom. The van der Waals surface area contributed by atoms with Gasteiger partial charge in [-0.05, 0) is 72.8 Å². The monoisotopic (exact) mass is 250 g/mol. The first-order valence-corrected chi connectivity index (χ1v) is 7.22. The van der Waals surface area contributed by atoms with Gasteiger partial charge < -0.3 is 0 Å². The minimum atomic E-state index is 0.635. The molecule has 0 fully saturated rings. The van der Waals surface area contributed by atoms with Gasteiger partial charge in [0.25, 0.3) is 0 Å². The van der Waals surface area contributed by atoms with Crippen LogP contribution in [0.2, 0.25) is 0 Å². The van der Waals surface area contributed by atoms with Crippen molar-refractivity contribution in [2.45, 2.75) is 41.0 Å². The van der Waals surface area contributed by atoms with Crippen molar-refractivity contribution < 1.29 is 0 Å². The maximum absolute atomic E-state index is 2.41. The van der Waals surface area contributed by atoms with Crippen LogP contribution in [0.1, 0.15) is 46.6 Å². The van der Waals surface area contributed by atoms with Gasteiger partial charge in [0.05, 0.1) is 0 Å². The zero-order chi connectivity index (χ0) is 13.7. The topological polar surface area (TPSA) is 0 Å². The van der Waals surface area contributed by atoms with Crippen molar-refractivity contribution in [1.82, 2.24) is 0 Å². The van der Waals surface area contributed by atoms with Gasteiger partial charge in [-0.1, -0.05) is 42.3 Å². The molecule has 0 radical (unpaired) electrons. The average molecular weight is 250 g/mol. The molecule has 19 heavy (non-hydrogen) atoms. The third kappa shape index (κ3) is 1.66. The van der Waals surface area contributed by atoms with Gasteiger partial charge in [-0.15, -0.1) is 0 Å². The molecule has 1 aromatic rings. The van der Waals surface area contributed by atoms with Crippen LogP contribution in [0.3, 0.4) is 0 Å². The minimum absolute atomic E-state index is 0.635. The van der Waals surface area contributed by atoms with Crippen molar-refractivity contribution in [2.75, 3.05) is 0 Å². The van der Waals surface area contributed by atoms with Crippen molar-refractivity contribution in [2.24, 2.45) is 5.92 Å². The molecule has 0 saturated heterocycles. The Bertz CT molecular complexity index is 731. The lowest BCUT2D eigenvalue weighted by Gasteiger charge is -2.19. The first-order valence-electron chi connectivity index (χ1n) is 7.22. The molecule has 1 aromatic carbocycles. The van der Waals surface area contributed by atoms with Crippen LogP contribution in [0.5, 0.6) is 0 Å². The van der Waals surface area contributed by atoms with Crippen molar-refractivity contribution in [1.29, 1.82) is 0 Å². The summed E-state index contributed by atoms with van der Waals surface area (Å²) in [7, 11) is 0. The molecule has 2 aliphatic carbocycles. The molecule has 2 aliphatic rings. The molecular formula is C19H22. The molecule has 0 aromatic heterocycles. The summed E-state index contributed by atoms with van der Waals surface area (Å²) in [6, 6.07) is 6.76. The van der Waals surface area contributed by atoms with E-state index < -0.39 is 0 Å². The highest BCUT2D eigenvalue weighted by molar-refractivity contribution is 6.01. The van der Waals surface area contributed by atoms with Crippen LogP contribution >= 0.6 is 0 Å². The van der Waals surface area contributed by atoms with Gasteiger partial charge in [0.2, 0.25) is 0 Å². The average Bonchev–Trinajstić information content (AvgIpc) is 2.71. The molecule has 98 valence electrons. The Hall–Kier alpha value is -1.56. The molecule has 0 nitrogen and oxygen atoms in total. The predicted octanol–water partition coefficient (Wildman–Crippen LogP) is 3.80. The summed E-state index contributed by atoms with van der Waals surface area (Å²) < 4.78 is 0. The van der Waals surface area contributed by atoms with E-state index in [4.69, 9.17) is 0 Å². The van der Waals surface area contributed by atoms with E-state index in [1.165, 1.54) is 44.7 Å². The maximum atomic E-state index is 2.41. The van der Waals surface area contributed by atoms with Gasteiger partial charge in [0, 0.05) is 0 Å². The fraction of sp³-hybridized carbons (Fsp3) is 0.368. The summed E-state index contributed by atoms with van der Waals surface area (Å²) >= 11 is 0. The quantitative estimate of drug-likeness (QED) is 0.657. The second kappa shape index (κ2) is 4.23. The first-order chi connectivity index (χ1) is 9.02. The number of rotatable bonds is 0. The molecule has 0 aliphatic heterocycles. The van der Waals surface area contributed by atoms with E-state index in [0.29, 0.717) is 5.92 Å². The van der Waals surface area contributed by atoms with Crippen molar-refractivity contribution in [3.63, 3.8) is 0 Å². The molecule has 1 unspecified atom stereocenters. The van der Waals surface area contributed by atoms with Crippen LogP contribution in [-0.2, 0) is 0 Å². The van der Waals surface area contributed by atoms with Crippen LogP contribution in [0, 0.1) is 5.92 Å². The van der Waals surface area contributed by atoms with Crippen molar-refractivity contribution in [3.05, 3.63) is 50.9 Å². The third-order valence-corrected chi connectivity index (χ3v) is 4.34. The minimum Gasteiger partial charge on any atom is -0.0760 e. The van der Waals surface area contributed by atoms with Crippen LogP contribution in [0.4, 0.5) is 0 Å². The van der Waals surface area contributed by atoms with E-state index in [-0.39, 0.29) is 0 Å². The van der Waals surface area contributed by atoms with E-state index in [0.717, 1.165) is 0 Å². The summed E-state index contributed by atoms with van der Waals surface area (Å²) in [6.45, 7) is 11.3. The Morgan fingerprint density at radius 2 is 1.68 bits per heavy atom. The van der Waals surface area contributed by atoms with Crippen molar-refractivity contribution >= 4 is 17.2 Å². The maximum Gasteiger partial charge on any atom is -0.00673 e. The molecule has 0 amide bonds. The van der Waals surface area contributed by atoms with Gasteiger partial charge in [-0.3, -0.25) is 0 Å². The van der Waals surface area contributed by atoms with Gasteiger partial charge in [-0.2, -0.15) is 0 Å². The molecule has 0 bridgehead atoms. The molecular weight excluding hydrogens is 228 g/mol. The molecule has 0 N–H and O–H groups in total. The van der Waals surface area contributed by atoms with E-state index in [1.54, 1.807) is 5.57 Å². The van der Waals surface area contributed by atoms with Crippen LogP contribution in [-0.4, -0.2) is 0 Å². The number of allylic oxidation sites excluding steroid dienone is 4.